The first-order valence-electron chi connectivity index (χ1n) is 5.91. The highest BCUT2D eigenvalue weighted by molar-refractivity contribution is 5.71. The zero-order valence-electron chi connectivity index (χ0n) is 9.72. The summed E-state index contributed by atoms with van der Waals surface area (Å²) in [4.78, 5) is 11.2. The second kappa shape index (κ2) is 6.25. The first-order valence-corrected chi connectivity index (χ1v) is 5.91. The molecule has 0 radical (unpaired) electrons. The number of ether oxygens (including phenoxy) is 2. The minimum absolute atomic E-state index is 0.214. The SMILES string of the molecule is O=C(CNC1CC1)OCCOc1ccccc1. The monoisotopic (exact) mass is 235 g/mol. The van der Waals surface area contributed by atoms with Gasteiger partial charge in [-0.25, -0.2) is 0 Å². The molecule has 0 aromatic heterocycles. The topological polar surface area (TPSA) is 47.6 Å². The highest BCUT2D eigenvalue weighted by Crippen LogP contribution is 2.17. The summed E-state index contributed by atoms with van der Waals surface area (Å²) in [5.41, 5.74) is 0. The Kier molecular flexibility index (Phi) is 4.38. The van der Waals surface area contributed by atoms with Gasteiger partial charge >= 0.3 is 5.97 Å². The Bertz CT molecular complexity index is 349. The Balaban J connectivity index is 1.51. The highest BCUT2D eigenvalue weighted by atomic mass is 16.6. The van der Waals surface area contributed by atoms with Crippen molar-refractivity contribution in [3.8, 4) is 5.75 Å². The van der Waals surface area contributed by atoms with Crippen LogP contribution in [0.4, 0.5) is 0 Å². The summed E-state index contributed by atoms with van der Waals surface area (Å²) in [6.07, 6.45) is 2.34. The fourth-order valence-corrected chi connectivity index (χ4v) is 1.40. The summed E-state index contributed by atoms with van der Waals surface area (Å²) < 4.78 is 10.4. The molecule has 1 aromatic rings. The van der Waals surface area contributed by atoms with Gasteiger partial charge in [0.05, 0.1) is 6.54 Å². The van der Waals surface area contributed by atoms with Gasteiger partial charge < -0.3 is 14.8 Å². The van der Waals surface area contributed by atoms with Crippen LogP contribution in [0.1, 0.15) is 12.8 Å². The molecule has 1 aliphatic carbocycles. The predicted octanol–water partition coefficient (Wildman–Crippen LogP) is 1.36. The molecule has 1 aromatic carbocycles. The van der Waals surface area contributed by atoms with Crippen LogP contribution in [-0.2, 0) is 9.53 Å². The fraction of sp³-hybridized carbons (Fsp3) is 0.462. The fourth-order valence-electron chi connectivity index (χ4n) is 1.40. The molecule has 1 saturated carbocycles. The van der Waals surface area contributed by atoms with E-state index in [1.807, 2.05) is 30.3 Å². The van der Waals surface area contributed by atoms with Crippen molar-refractivity contribution < 1.29 is 14.3 Å². The standard InChI is InChI=1S/C13H17NO3/c15-13(10-14-11-6-7-11)17-9-8-16-12-4-2-1-3-5-12/h1-5,11,14H,6-10H2. The van der Waals surface area contributed by atoms with Crippen LogP contribution in [0.15, 0.2) is 30.3 Å². The molecular formula is C13H17NO3. The molecule has 0 unspecified atom stereocenters. The van der Waals surface area contributed by atoms with E-state index < -0.39 is 0 Å². The lowest BCUT2D eigenvalue weighted by Crippen LogP contribution is -2.27. The quantitative estimate of drug-likeness (QED) is 0.572. The van der Waals surface area contributed by atoms with Gasteiger partial charge in [0.2, 0.25) is 0 Å². The maximum Gasteiger partial charge on any atom is 0.320 e. The normalized spacial score (nSPS) is 14.4. The average molecular weight is 235 g/mol. The molecule has 0 spiro atoms. The van der Waals surface area contributed by atoms with Crippen LogP contribution in [0.3, 0.4) is 0 Å². The van der Waals surface area contributed by atoms with Crippen LogP contribution in [0.5, 0.6) is 5.75 Å². The van der Waals surface area contributed by atoms with Crippen LogP contribution in [0.25, 0.3) is 0 Å². The third-order valence-electron chi connectivity index (χ3n) is 2.47. The number of benzene rings is 1. The molecular weight excluding hydrogens is 218 g/mol. The Labute approximate surface area is 101 Å². The van der Waals surface area contributed by atoms with Crippen LogP contribution in [0.2, 0.25) is 0 Å². The van der Waals surface area contributed by atoms with Crippen molar-refractivity contribution in [2.24, 2.45) is 0 Å². The zero-order valence-corrected chi connectivity index (χ0v) is 9.72. The smallest absolute Gasteiger partial charge is 0.320 e. The number of nitrogens with one attached hydrogen (secondary N) is 1. The van der Waals surface area contributed by atoms with Crippen molar-refractivity contribution in [1.82, 2.24) is 5.32 Å². The first-order chi connectivity index (χ1) is 8.34. The van der Waals surface area contributed by atoms with E-state index in [1.165, 1.54) is 12.8 Å². The number of rotatable bonds is 7. The summed E-state index contributed by atoms with van der Waals surface area (Å²) in [6.45, 7) is 0.981. The second-order valence-electron chi connectivity index (χ2n) is 4.04. The van der Waals surface area contributed by atoms with Crippen molar-refractivity contribution in [3.63, 3.8) is 0 Å². The molecule has 17 heavy (non-hydrogen) atoms. The van der Waals surface area contributed by atoms with E-state index in [0.29, 0.717) is 25.8 Å². The van der Waals surface area contributed by atoms with Gasteiger partial charge in [0, 0.05) is 6.04 Å². The number of carbonyl (C=O) groups excluding carboxylic acids is 1. The number of esters is 1. The first kappa shape index (κ1) is 11.9. The summed E-state index contributed by atoms with van der Waals surface area (Å²) in [5, 5.41) is 3.10. The van der Waals surface area contributed by atoms with Gasteiger partial charge in [-0.05, 0) is 25.0 Å². The number of para-hydroxylation sites is 1. The molecule has 2 rings (SSSR count). The van der Waals surface area contributed by atoms with Crippen LogP contribution in [0, 0.1) is 0 Å². The number of hydrogen-bond donors (Lipinski definition) is 1. The van der Waals surface area contributed by atoms with Gasteiger partial charge in [-0.1, -0.05) is 18.2 Å². The van der Waals surface area contributed by atoms with E-state index in [9.17, 15) is 4.79 Å². The molecule has 4 nitrogen and oxygen atoms in total. The zero-order chi connectivity index (χ0) is 11.9. The van der Waals surface area contributed by atoms with Crippen LogP contribution in [-0.4, -0.2) is 31.8 Å². The van der Waals surface area contributed by atoms with Gasteiger partial charge in [-0.2, -0.15) is 0 Å². The van der Waals surface area contributed by atoms with E-state index in [-0.39, 0.29) is 5.97 Å². The molecule has 1 N–H and O–H groups in total. The maximum absolute atomic E-state index is 11.2. The van der Waals surface area contributed by atoms with Crippen molar-refractivity contribution >= 4 is 5.97 Å². The molecule has 0 heterocycles. The van der Waals surface area contributed by atoms with Crippen LogP contribution >= 0.6 is 0 Å². The molecule has 92 valence electrons. The number of hydrogen-bond acceptors (Lipinski definition) is 4. The van der Waals surface area contributed by atoms with E-state index in [4.69, 9.17) is 9.47 Å². The third-order valence-corrected chi connectivity index (χ3v) is 2.47. The molecule has 1 aliphatic rings. The molecule has 0 atom stereocenters. The lowest BCUT2D eigenvalue weighted by atomic mass is 10.3. The highest BCUT2D eigenvalue weighted by Gasteiger charge is 2.21. The Morgan fingerprint density at radius 2 is 2.00 bits per heavy atom. The molecule has 0 aliphatic heterocycles. The van der Waals surface area contributed by atoms with Crippen LogP contribution < -0.4 is 10.1 Å². The lowest BCUT2D eigenvalue weighted by molar-refractivity contribution is -0.143. The van der Waals surface area contributed by atoms with Crippen molar-refractivity contribution in [2.75, 3.05) is 19.8 Å². The molecule has 1 fully saturated rings. The minimum Gasteiger partial charge on any atom is -0.490 e. The summed E-state index contributed by atoms with van der Waals surface area (Å²) >= 11 is 0. The average Bonchev–Trinajstić information content (AvgIpc) is 3.17. The van der Waals surface area contributed by atoms with Crippen molar-refractivity contribution in [2.45, 2.75) is 18.9 Å². The largest absolute Gasteiger partial charge is 0.490 e. The minimum atomic E-state index is -0.214. The molecule has 4 heteroatoms. The summed E-state index contributed by atoms with van der Waals surface area (Å²) in [7, 11) is 0. The molecule has 0 saturated heterocycles. The van der Waals surface area contributed by atoms with E-state index in [0.717, 1.165) is 5.75 Å². The van der Waals surface area contributed by atoms with Gasteiger partial charge in [0.1, 0.15) is 19.0 Å². The van der Waals surface area contributed by atoms with Gasteiger partial charge in [0.25, 0.3) is 0 Å². The van der Waals surface area contributed by atoms with Gasteiger partial charge in [-0.3, -0.25) is 4.79 Å². The number of carbonyl (C=O) groups is 1. The molecule has 0 bridgehead atoms. The third kappa shape index (κ3) is 4.87. The van der Waals surface area contributed by atoms with Gasteiger partial charge in [0.15, 0.2) is 0 Å². The van der Waals surface area contributed by atoms with E-state index in [2.05, 4.69) is 5.32 Å². The predicted molar refractivity (Wildman–Crippen MR) is 63.9 cm³/mol. The summed E-state index contributed by atoms with van der Waals surface area (Å²) in [6, 6.07) is 10.0. The second-order valence-corrected chi connectivity index (χ2v) is 4.04. The van der Waals surface area contributed by atoms with Crippen molar-refractivity contribution in [1.29, 1.82) is 0 Å². The van der Waals surface area contributed by atoms with Crippen molar-refractivity contribution in [3.05, 3.63) is 30.3 Å². The molecule has 0 amide bonds. The van der Waals surface area contributed by atoms with Gasteiger partial charge in [-0.15, -0.1) is 0 Å². The Hall–Kier alpha value is -1.55. The van der Waals surface area contributed by atoms with E-state index in [1.54, 1.807) is 0 Å². The Morgan fingerprint density at radius 1 is 1.24 bits per heavy atom. The summed E-state index contributed by atoms with van der Waals surface area (Å²) in [5.74, 6) is 0.577. The maximum atomic E-state index is 11.2. The Morgan fingerprint density at radius 3 is 2.71 bits per heavy atom. The van der Waals surface area contributed by atoms with E-state index >= 15 is 0 Å². The lowest BCUT2D eigenvalue weighted by Gasteiger charge is -2.07.